The van der Waals surface area contributed by atoms with Gasteiger partial charge in [0.05, 0.1) is 0 Å². The quantitative estimate of drug-likeness (QED) is 0.780. The molecule has 0 aliphatic heterocycles. The van der Waals surface area contributed by atoms with Gasteiger partial charge in [0.25, 0.3) is 0 Å². The Labute approximate surface area is 94.9 Å². The molecule has 1 fully saturated rings. The monoisotopic (exact) mass is 223 g/mol. The van der Waals surface area contributed by atoms with Gasteiger partial charge in [0.15, 0.2) is 5.16 Å². The van der Waals surface area contributed by atoms with Crippen molar-refractivity contribution in [3.05, 3.63) is 18.0 Å². The zero-order valence-electron chi connectivity index (χ0n) is 9.02. The van der Waals surface area contributed by atoms with Crippen LogP contribution in [0.1, 0.15) is 31.2 Å². The average molecular weight is 223 g/mol. The van der Waals surface area contributed by atoms with Crippen LogP contribution in [0.25, 0.3) is 0 Å². The molecule has 1 aliphatic carbocycles. The molecule has 0 aromatic carbocycles. The first-order valence-corrected chi connectivity index (χ1v) is 6.33. The first-order valence-electron chi connectivity index (χ1n) is 5.45. The van der Waals surface area contributed by atoms with Gasteiger partial charge in [0.2, 0.25) is 0 Å². The van der Waals surface area contributed by atoms with E-state index in [0.717, 1.165) is 23.6 Å². The number of hydrogen-bond acceptors (Lipinski definition) is 4. The Morgan fingerprint density at radius 1 is 1.20 bits per heavy atom. The molecule has 0 saturated heterocycles. The summed E-state index contributed by atoms with van der Waals surface area (Å²) in [6.07, 6.45) is 8.44. The number of nitrogens with zero attached hydrogens (tertiary/aromatic N) is 2. The molecule has 2 rings (SSSR count). The van der Waals surface area contributed by atoms with Gasteiger partial charge in [0, 0.05) is 23.7 Å². The fourth-order valence-corrected chi connectivity index (χ4v) is 2.83. The van der Waals surface area contributed by atoms with Gasteiger partial charge < -0.3 is 5.73 Å². The van der Waals surface area contributed by atoms with Crippen molar-refractivity contribution in [3.8, 4) is 0 Å². The third-order valence-electron chi connectivity index (χ3n) is 2.75. The molecule has 1 aliphatic rings. The molecular formula is C11H17N3S. The Morgan fingerprint density at radius 3 is 2.40 bits per heavy atom. The van der Waals surface area contributed by atoms with E-state index in [0.29, 0.717) is 11.3 Å². The Kier molecular flexibility index (Phi) is 3.59. The van der Waals surface area contributed by atoms with Crippen molar-refractivity contribution in [1.82, 2.24) is 9.97 Å². The highest BCUT2D eigenvalue weighted by molar-refractivity contribution is 7.99. The number of aromatic nitrogens is 2. The Morgan fingerprint density at radius 2 is 1.80 bits per heavy atom. The second-order valence-electron chi connectivity index (χ2n) is 4.20. The highest BCUT2D eigenvalue weighted by Gasteiger charge is 2.20. The van der Waals surface area contributed by atoms with Crippen molar-refractivity contribution < 1.29 is 0 Å². The normalized spacial score (nSPS) is 26.5. The molecule has 1 saturated carbocycles. The highest BCUT2D eigenvalue weighted by atomic mass is 32.2. The van der Waals surface area contributed by atoms with Gasteiger partial charge in [-0.1, -0.05) is 11.8 Å². The maximum atomic E-state index is 5.87. The van der Waals surface area contributed by atoms with E-state index < -0.39 is 0 Å². The standard InChI is InChI=1S/C11H17N3S/c1-8-6-13-11(14-7-8)15-10-4-2-9(12)3-5-10/h6-7,9-10H,2-5,12H2,1H3. The molecule has 0 radical (unpaired) electrons. The Bertz CT molecular complexity index is 304. The second kappa shape index (κ2) is 4.94. The summed E-state index contributed by atoms with van der Waals surface area (Å²) in [5.74, 6) is 0. The molecule has 4 heteroatoms. The van der Waals surface area contributed by atoms with Crippen LogP contribution in [-0.2, 0) is 0 Å². The van der Waals surface area contributed by atoms with Crippen molar-refractivity contribution in [2.75, 3.05) is 0 Å². The lowest BCUT2D eigenvalue weighted by atomic mass is 9.96. The van der Waals surface area contributed by atoms with E-state index in [9.17, 15) is 0 Å². The third kappa shape index (κ3) is 3.18. The summed E-state index contributed by atoms with van der Waals surface area (Å²) in [4.78, 5) is 8.62. The Balaban J connectivity index is 1.89. The summed E-state index contributed by atoms with van der Waals surface area (Å²) < 4.78 is 0. The van der Waals surface area contributed by atoms with Crippen molar-refractivity contribution in [2.45, 2.75) is 49.1 Å². The molecule has 0 amide bonds. The van der Waals surface area contributed by atoms with Crippen LogP contribution in [0.5, 0.6) is 0 Å². The van der Waals surface area contributed by atoms with Gasteiger partial charge >= 0.3 is 0 Å². The van der Waals surface area contributed by atoms with Crippen LogP contribution in [0.15, 0.2) is 17.6 Å². The van der Waals surface area contributed by atoms with E-state index in [-0.39, 0.29) is 0 Å². The van der Waals surface area contributed by atoms with Gasteiger partial charge in [-0.15, -0.1) is 0 Å². The lowest BCUT2D eigenvalue weighted by Crippen LogP contribution is -2.27. The van der Waals surface area contributed by atoms with Crippen molar-refractivity contribution in [1.29, 1.82) is 0 Å². The van der Waals surface area contributed by atoms with E-state index in [4.69, 9.17) is 5.73 Å². The largest absolute Gasteiger partial charge is 0.328 e. The molecule has 0 bridgehead atoms. The van der Waals surface area contributed by atoms with E-state index in [1.54, 1.807) is 11.8 Å². The second-order valence-corrected chi connectivity index (χ2v) is 5.47. The van der Waals surface area contributed by atoms with Crippen LogP contribution in [0.3, 0.4) is 0 Å². The summed E-state index contributed by atoms with van der Waals surface area (Å²) in [6.45, 7) is 2.01. The van der Waals surface area contributed by atoms with Crippen molar-refractivity contribution >= 4 is 11.8 Å². The predicted molar refractivity (Wildman–Crippen MR) is 62.9 cm³/mol. The average Bonchev–Trinajstić information content (AvgIpc) is 2.25. The SMILES string of the molecule is Cc1cnc(SC2CCC(N)CC2)nc1. The van der Waals surface area contributed by atoms with E-state index in [1.165, 1.54) is 12.8 Å². The first-order chi connectivity index (χ1) is 7.24. The van der Waals surface area contributed by atoms with Crippen LogP contribution in [0.4, 0.5) is 0 Å². The number of rotatable bonds is 2. The van der Waals surface area contributed by atoms with Crippen molar-refractivity contribution in [2.24, 2.45) is 5.73 Å². The summed E-state index contributed by atoms with van der Waals surface area (Å²) >= 11 is 1.80. The smallest absolute Gasteiger partial charge is 0.187 e. The van der Waals surface area contributed by atoms with E-state index in [1.807, 2.05) is 19.3 Å². The van der Waals surface area contributed by atoms with Gasteiger partial charge in [-0.25, -0.2) is 9.97 Å². The van der Waals surface area contributed by atoms with Gasteiger partial charge in [-0.3, -0.25) is 0 Å². The minimum Gasteiger partial charge on any atom is -0.328 e. The number of aryl methyl sites for hydroxylation is 1. The molecule has 0 unspecified atom stereocenters. The zero-order valence-corrected chi connectivity index (χ0v) is 9.83. The molecule has 0 atom stereocenters. The number of nitrogens with two attached hydrogens (primary N) is 1. The zero-order chi connectivity index (χ0) is 10.7. The van der Waals surface area contributed by atoms with Crippen LogP contribution < -0.4 is 5.73 Å². The van der Waals surface area contributed by atoms with Gasteiger partial charge in [-0.2, -0.15) is 0 Å². The summed E-state index contributed by atoms with van der Waals surface area (Å²) in [7, 11) is 0. The fourth-order valence-electron chi connectivity index (χ4n) is 1.80. The topological polar surface area (TPSA) is 51.8 Å². The predicted octanol–water partition coefficient (Wildman–Crippen LogP) is 2.15. The minimum atomic E-state index is 0.417. The molecule has 1 heterocycles. The van der Waals surface area contributed by atoms with Gasteiger partial charge in [-0.05, 0) is 38.2 Å². The molecule has 0 spiro atoms. The summed E-state index contributed by atoms with van der Waals surface area (Å²) in [5.41, 5.74) is 6.99. The molecule has 1 aromatic rings. The molecule has 82 valence electrons. The molecule has 1 aromatic heterocycles. The number of hydrogen-bond donors (Lipinski definition) is 1. The molecule has 2 N–H and O–H groups in total. The maximum Gasteiger partial charge on any atom is 0.187 e. The lowest BCUT2D eigenvalue weighted by Gasteiger charge is -2.24. The fraction of sp³-hybridized carbons (Fsp3) is 0.636. The van der Waals surface area contributed by atoms with Crippen molar-refractivity contribution in [3.63, 3.8) is 0 Å². The molecule has 3 nitrogen and oxygen atoms in total. The van der Waals surface area contributed by atoms with E-state index in [2.05, 4.69) is 9.97 Å². The molecule has 15 heavy (non-hydrogen) atoms. The maximum absolute atomic E-state index is 5.87. The van der Waals surface area contributed by atoms with Crippen LogP contribution in [0.2, 0.25) is 0 Å². The van der Waals surface area contributed by atoms with Crippen LogP contribution in [0, 0.1) is 6.92 Å². The summed E-state index contributed by atoms with van der Waals surface area (Å²) in [5, 5.41) is 1.56. The number of thioether (sulfide) groups is 1. The third-order valence-corrected chi connectivity index (χ3v) is 3.97. The Hall–Kier alpha value is -0.610. The summed E-state index contributed by atoms with van der Waals surface area (Å²) in [6, 6.07) is 0.417. The minimum absolute atomic E-state index is 0.417. The first kappa shape index (κ1) is 10.9. The highest BCUT2D eigenvalue weighted by Crippen LogP contribution is 2.31. The van der Waals surface area contributed by atoms with Gasteiger partial charge in [0.1, 0.15) is 0 Å². The van der Waals surface area contributed by atoms with E-state index >= 15 is 0 Å². The lowest BCUT2D eigenvalue weighted by molar-refractivity contribution is 0.450. The van der Waals surface area contributed by atoms with Crippen LogP contribution in [-0.4, -0.2) is 21.3 Å². The molecular weight excluding hydrogens is 206 g/mol. The van der Waals surface area contributed by atoms with Crippen LogP contribution >= 0.6 is 11.8 Å².